The second-order valence-electron chi connectivity index (χ2n) is 8.66. The van der Waals surface area contributed by atoms with Crippen LogP contribution in [0.4, 0.5) is 26.1 Å². The Morgan fingerprint density at radius 1 is 1.03 bits per heavy atom. The highest BCUT2D eigenvalue weighted by Crippen LogP contribution is 2.27. The summed E-state index contributed by atoms with van der Waals surface area (Å²) in [6, 6.07) is 9.17. The van der Waals surface area contributed by atoms with E-state index in [1.807, 2.05) is 24.0 Å². The summed E-state index contributed by atoms with van der Waals surface area (Å²) in [5.41, 5.74) is 2.16. The van der Waals surface area contributed by atoms with Gasteiger partial charge in [-0.3, -0.25) is 9.69 Å². The van der Waals surface area contributed by atoms with Gasteiger partial charge in [0.2, 0.25) is 5.95 Å². The molecular weight excluding hydrogens is 430 g/mol. The van der Waals surface area contributed by atoms with Crippen molar-refractivity contribution in [3.05, 3.63) is 59.9 Å². The van der Waals surface area contributed by atoms with Crippen molar-refractivity contribution in [3.63, 3.8) is 0 Å². The summed E-state index contributed by atoms with van der Waals surface area (Å²) in [5.74, 6) is -1.91. The van der Waals surface area contributed by atoms with Crippen LogP contribution in [0.5, 0.6) is 0 Å². The molecule has 0 aliphatic carbocycles. The molecule has 0 atom stereocenters. The zero-order valence-corrected chi connectivity index (χ0v) is 18.7. The van der Waals surface area contributed by atoms with E-state index in [1.54, 1.807) is 13.8 Å². The van der Waals surface area contributed by atoms with Gasteiger partial charge in [-0.15, -0.1) is 5.10 Å². The zero-order valence-electron chi connectivity index (χ0n) is 18.7. The normalized spacial score (nSPS) is 15.0. The van der Waals surface area contributed by atoms with Gasteiger partial charge in [-0.1, -0.05) is 0 Å². The van der Waals surface area contributed by atoms with E-state index in [0.29, 0.717) is 32.1 Å². The summed E-state index contributed by atoms with van der Waals surface area (Å²) >= 11 is 0. The predicted molar refractivity (Wildman–Crippen MR) is 125 cm³/mol. The summed E-state index contributed by atoms with van der Waals surface area (Å²) in [5, 5.41) is 16.9. The van der Waals surface area contributed by atoms with Crippen molar-refractivity contribution in [2.75, 3.05) is 36.4 Å². The molecule has 0 saturated carbocycles. The number of aryl methyl sites for hydroxylation is 1. The number of nitrogens with one attached hydrogen (secondary N) is 1. The molecule has 1 saturated heterocycles. The number of rotatable bonds is 6. The van der Waals surface area contributed by atoms with Gasteiger partial charge < -0.3 is 15.3 Å². The topological polar surface area (TPSA) is 86.5 Å². The molecule has 1 aliphatic rings. The number of piperazine rings is 1. The molecule has 2 aromatic carbocycles. The number of hydrogen-bond donors (Lipinski definition) is 2. The number of carboxylic acid groups (broad SMARTS) is 1. The zero-order chi connectivity index (χ0) is 23.8. The van der Waals surface area contributed by atoms with Crippen molar-refractivity contribution in [1.29, 1.82) is 0 Å². The van der Waals surface area contributed by atoms with Crippen LogP contribution in [0.25, 0.3) is 5.69 Å². The van der Waals surface area contributed by atoms with E-state index in [1.165, 1.54) is 23.1 Å². The number of aromatic nitrogens is 3. The van der Waals surface area contributed by atoms with Crippen LogP contribution >= 0.6 is 0 Å². The molecule has 1 aliphatic heterocycles. The molecule has 0 unspecified atom stereocenters. The van der Waals surface area contributed by atoms with Crippen LogP contribution in [0.1, 0.15) is 22.3 Å². The molecule has 0 amide bonds. The maximum atomic E-state index is 13.5. The van der Waals surface area contributed by atoms with E-state index in [0.717, 1.165) is 23.0 Å². The molecule has 1 fully saturated rings. The number of carbonyl (C=O) groups is 1. The van der Waals surface area contributed by atoms with Gasteiger partial charge in [-0.25, -0.2) is 13.5 Å². The molecule has 1 aromatic heterocycles. The molecule has 2 N–H and O–H groups in total. The van der Waals surface area contributed by atoms with Crippen LogP contribution < -0.4 is 10.2 Å². The molecule has 178 valence electrons. The fourth-order valence-corrected chi connectivity index (χ4v) is 3.92. The largest absolute Gasteiger partial charge is 0.480 e. The third kappa shape index (κ3) is 4.95. The van der Waals surface area contributed by atoms with E-state index in [2.05, 4.69) is 26.4 Å². The van der Waals surface area contributed by atoms with Crippen molar-refractivity contribution in [2.24, 2.45) is 0 Å². The second-order valence-corrected chi connectivity index (χ2v) is 8.66. The minimum Gasteiger partial charge on any atom is -0.480 e. The Bertz CT molecular complexity index is 1160. The third-order valence-corrected chi connectivity index (χ3v) is 5.88. The third-order valence-electron chi connectivity index (χ3n) is 5.88. The van der Waals surface area contributed by atoms with Gasteiger partial charge in [0.05, 0.1) is 5.69 Å². The lowest BCUT2D eigenvalue weighted by Crippen LogP contribution is -2.58. The molecule has 8 nitrogen and oxygen atoms in total. The van der Waals surface area contributed by atoms with E-state index >= 15 is 0 Å². The highest BCUT2D eigenvalue weighted by molar-refractivity contribution is 5.77. The number of aliphatic carboxylic acids is 1. The summed E-state index contributed by atoms with van der Waals surface area (Å²) in [7, 11) is 0. The van der Waals surface area contributed by atoms with E-state index in [-0.39, 0.29) is 8.54 Å². The fraction of sp³-hybridized carbons (Fsp3) is 0.348. The van der Waals surface area contributed by atoms with E-state index in [9.17, 15) is 18.7 Å². The first-order valence-corrected chi connectivity index (χ1v) is 10.6. The molecule has 0 spiro atoms. The Morgan fingerprint density at radius 3 is 2.33 bits per heavy atom. The summed E-state index contributed by atoms with van der Waals surface area (Å²) in [6.45, 7) is 8.14. The van der Waals surface area contributed by atoms with Crippen molar-refractivity contribution in [3.8, 4) is 5.69 Å². The lowest BCUT2D eigenvalue weighted by Gasteiger charge is -2.42. The molecule has 0 radical (unpaired) electrons. The van der Waals surface area contributed by atoms with Gasteiger partial charge in [0.25, 0.3) is 0 Å². The van der Waals surface area contributed by atoms with Crippen molar-refractivity contribution in [2.45, 2.75) is 26.3 Å². The first kappa shape index (κ1) is 22.7. The Balaban J connectivity index is 0.00000216. The van der Waals surface area contributed by atoms with E-state index in [4.69, 9.17) is 0 Å². The quantitative estimate of drug-likeness (QED) is 0.573. The second kappa shape index (κ2) is 8.78. The van der Waals surface area contributed by atoms with Gasteiger partial charge >= 0.3 is 5.97 Å². The maximum absolute atomic E-state index is 13.5. The SMILES string of the molecule is Cc1cc(Nc2ncn(-c3cc(F)cc(F)c3)n2)cc(N2CCN(C(C)(C)C(=O)O)CC2)c1.[HH].[HH]. The maximum Gasteiger partial charge on any atom is 0.323 e. The monoisotopic (exact) mass is 460 g/mol. The summed E-state index contributed by atoms with van der Waals surface area (Å²) in [6.07, 6.45) is 1.39. The fourth-order valence-electron chi connectivity index (χ4n) is 3.92. The Morgan fingerprint density at radius 2 is 1.70 bits per heavy atom. The van der Waals surface area contributed by atoms with Crippen LogP contribution in [0, 0.1) is 18.6 Å². The van der Waals surface area contributed by atoms with Crippen LogP contribution in [-0.4, -0.2) is 62.5 Å². The highest BCUT2D eigenvalue weighted by atomic mass is 19.1. The lowest BCUT2D eigenvalue weighted by atomic mass is 10.0. The summed E-state index contributed by atoms with van der Waals surface area (Å²) in [4.78, 5) is 19.9. The Hall–Kier alpha value is -3.53. The smallest absolute Gasteiger partial charge is 0.323 e. The standard InChI is InChI=1S/C23H26F2N6O2.2H2/c1-15-8-18(27-22-26-14-31(28-22)20-11-16(24)10-17(25)12-20)13-19(9-15)29-4-6-30(7-5-29)23(2,3)21(32)33;;/h8-14H,4-7H2,1-3H3,(H,27,28)(H,32,33);2*1H. The number of anilines is 3. The number of nitrogens with zero attached hydrogens (tertiary/aromatic N) is 5. The first-order valence-electron chi connectivity index (χ1n) is 10.6. The Labute approximate surface area is 193 Å². The number of carboxylic acids is 1. The van der Waals surface area contributed by atoms with Gasteiger partial charge in [-0.05, 0) is 56.7 Å². The minimum absolute atomic E-state index is 0. The van der Waals surface area contributed by atoms with Gasteiger partial charge in [0.1, 0.15) is 23.5 Å². The summed E-state index contributed by atoms with van der Waals surface area (Å²) < 4.78 is 28.3. The van der Waals surface area contributed by atoms with E-state index < -0.39 is 23.1 Å². The van der Waals surface area contributed by atoms with Crippen molar-refractivity contribution >= 4 is 23.3 Å². The van der Waals surface area contributed by atoms with Crippen LogP contribution in [0.3, 0.4) is 0 Å². The number of hydrogen-bond acceptors (Lipinski definition) is 6. The average molecular weight is 461 g/mol. The first-order chi connectivity index (χ1) is 15.6. The molecular formula is C23H30F2N6O2. The number of halogens is 2. The van der Waals surface area contributed by atoms with Crippen LogP contribution in [0.2, 0.25) is 0 Å². The van der Waals surface area contributed by atoms with Crippen LogP contribution in [-0.2, 0) is 4.79 Å². The lowest BCUT2D eigenvalue weighted by molar-refractivity contribution is -0.149. The van der Waals surface area contributed by atoms with Gasteiger partial charge in [0.15, 0.2) is 0 Å². The minimum atomic E-state index is -0.902. The number of benzene rings is 2. The highest BCUT2D eigenvalue weighted by Gasteiger charge is 2.36. The Kier molecular flexibility index (Phi) is 6.03. The molecule has 4 rings (SSSR count). The van der Waals surface area contributed by atoms with Gasteiger partial charge in [-0.2, -0.15) is 4.98 Å². The molecule has 10 heteroatoms. The molecule has 33 heavy (non-hydrogen) atoms. The molecule has 0 bridgehead atoms. The predicted octanol–water partition coefficient (Wildman–Crippen LogP) is 4.07. The van der Waals surface area contributed by atoms with Gasteiger partial charge in [0, 0.05) is 46.5 Å². The average Bonchev–Trinajstić information content (AvgIpc) is 3.21. The van der Waals surface area contributed by atoms with Crippen molar-refractivity contribution in [1.82, 2.24) is 19.7 Å². The molecule has 3 aromatic rings. The molecule has 2 heterocycles. The van der Waals surface area contributed by atoms with Crippen LogP contribution in [0.15, 0.2) is 42.7 Å². The van der Waals surface area contributed by atoms with Crippen molar-refractivity contribution < 1.29 is 21.5 Å².